The largest absolute Gasteiger partial charge is 0.317 e. The Balaban J connectivity index is 0.00000200. The van der Waals surface area contributed by atoms with Gasteiger partial charge < -0.3 is 5.32 Å². The highest BCUT2D eigenvalue weighted by Gasteiger charge is 2.31. The van der Waals surface area contributed by atoms with Gasteiger partial charge in [0, 0.05) is 19.1 Å². The molecule has 0 spiro atoms. The van der Waals surface area contributed by atoms with Gasteiger partial charge in [-0.2, -0.15) is 4.31 Å². The Kier molecular flexibility index (Phi) is 6.57. The summed E-state index contributed by atoms with van der Waals surface area (Å²) >= 11 is 12.0. The highest BCUT2D eigenvalue weighted by Crippen LogP contribution is 2.32. The summed E-state index contributed by atoms with van der Waals surface area (Å²) in [5.41, 5.74) is 0. The minimum absolute atomic E-state index is 0. The Morgan fingerprint density at radius 3 is 2.15 bits per heavy atom. The molecular weight excluding hydrogens is 343 g/mol. The molecular formula is C12H17Cl3N2O2S. The molecule has 1 N–H and O–H groups in total. The normalized spacial score (nSPS) is 17.8. The van der Waals surface area contributed by atoms with Crippen molar-refractivity contribution >= 4 is 45.6 Å². The minimum Gasteiger partial charge on any atom is -0.317 e. The van der Waals surface area contributed by atoms with Gasteiger partial charge in [-0.3, -0.25) is 0 Å². The van der Waals surface area contributed by atoms with Crippen molar-refractivity contribution in [2.75, 3.05) is 20.1 Å². The summed E-state index contributed by atoms with van der Waals surface area (Å²) in [6, 6.07) is 5.09. The van der Waals surface area contributed by atoms with Crippen LogP contribution in [0.4, 0.5) is 0 Å². The first kappa shape index (κ1) is 18.0. The van der Waals surface area contributed by atoms with Gasteiger partial charge in [-0.25, -0.2) is 8.42 Å². The summed E-state index contributed by atoms with van der Waals surface area (Å²) < 4.78 is 26.6. The Labute approximate surface area is 135 Å². The first-order valence-electron chi connectivity index (χ1n) is 6.08. The molecule has 1 aromatic rings. The molecule has 1 saturated heterocycles. The van der Waals surface area contributed by atoms with E-state index in [2.05, 4.69) is 5.32 Å². The molecule has 1 fully saturated rings. The minimum atomic E-state index is -3.61. The topological polar surface area (TPSA) is 49.4 Å². The van der Waals surface area contributed by atoms with E-state index in [9.17, 15) is 8.42 Å². The molecule has 0 radical (unpaired) electrons. The zero-order valence-electron chi connectivity index (χ0n) is 11.0. The van der Waals surface area contributed by atoms with Crippen LogP contribution in [-0.2, 0) is 10.0 Å². The maximum Gasteiger partial charge on any atom is 0.246 e. The molecule has 0 amide bonds. The van der Waals surface area contributed by atoms with Crippen molar-refractivity contribution in [1.82, 2.24) is 9.62 Å². The van der Waals surface area contributed by atoms with Gasteiger partial charge in [-0.15, -0.1) is 12.4 Å². The van der Waals surface area contributed by atoms with Gasteiger partial charge in [0.05, 0.1) is 10.0 Å². The number of benzene rings is 1. The summed E-state index contributed by atoms with van der Waals surface area (Å²) in [5.74, 6) is 0. The average molecular weight is 360 g/mol. The Morgan fingerprint density at radius 2 is 1.70 bits per heavy atom. The van der Waals surface area contributed by atoms with Crippen molar-refractivity contribution in [2.45, 2.75) is 23.8 Å². The monoisotopic (exact) mass is 358 g/mol. The van der Waals surface area contributed by atoms with E-state index in [0.717, 1.165) is 12.8 Å². The molecule has 0 aromatic heterocycles. The predicted octanol–water partition coefficient (Wildman–Crippen LogP) is 2.79. The van der Waals surface area contributed by atoms with Crippen LogP contribution in [-0.4, -0.2) is 38.9 Å². The molecule has 0 bridgehead atoms. The van der Waals surface area contributed by atoms with Crippen molar-refractivity contribution < 1.29 is 8.42 Å². The average Bonchev–Trinajstić information content (AvgIpc) is 2.38. The lowest BCUT2D eigenvalue weighted by atomic mass is 10.1. The van der Waals surface area contributed by atoms with Crippen molar-refractivity contribution in [3.63, 3.8) is 0 Å². The van der Waals surface area contributed by atoms with E-state index in [1.54, 1.807) is 18.2 Å². The number of nitrogens with one attached hydrogen (secondary N) is 1. The number of sulfonamides is 1. The third-order valence-electron chi connectivity index (χ3n) is 3.38. The first-order valence-corrected chi connectivity index (χ1v) is 8.28. The molecule has 1 aliphatic rings. The fourth-order valence-electron chi connectivity index (χ4n) is 2.24. The molecule has 2 rings (SSSR count). The van der Waals surface area contributed by atoms with Crippen LogP contribution in [0.1, 0.15) is 12.8 Å². The van der Waals surface area contributed by atoms with Crippen LogP contribution in [0.5, 0.6) is 0 Å². The summed E-state index contributed by atoms with van der Waals surface area (Å²) in [6.07, 6.45) is 1.58. The van der Waals surface area contributed by atoms with Crippen molar-refractivity contribution in [2.24, 2.45) is 0 Å². The zero-order valence-corrected chi connectivity index (χ0v) is 14.1. The summed E-state index contributed by atoms with van der Waals surface area (Å²) in [6.45, 7) is 0.963. The molecule has 0 unspecified atom stereocenters. The van der Waals surface area contributed by atoms with Crippen LogP contribution < -0.4 is 5.32 Å². The molecule has 20 heavy (non-hydrogen) atoms. The summed E-state index contributed by atoms with van der Waals surface area (Å²) in [5, 5.41) is 3.50. The Bertz CT molecular complexity index is 538. The second-order valence-electron chi connectivity index (χ2n) is 4.52. The maximum absolute atomic E-state index is 12.6. The molecule has 8 heteroatoms. The predicted molar refractivity (Wildman–Crippen MR) is 84.6 cm³/mol. The van der Waals surface area contributed by atoms with E-state index in [1.807, 2.05) is 7.05 Å². The lowest BCUT2D eigenvalue weighted by molar-refractivity contribution is 0.298. The fourth-order valence-corrected chi connectivity index (χ4v) is 4.80. The van der Waals surface area contributed by atoms with E-state index in [-0.39, 0.29) is 27.3 Å². The van der Waals surface area contributed by atoms with Crippen LogP contribution in [0.15, 0.2) is 23.1 Å². The molecule has 1 aliphatic heterocycles. The van der Waals surface area contributed by atoms with Crippen LogP contribution in [0.25, 0.3) is 0 Å². The maximum atomic E-state index is 12.6. The van der Waals surface area contributed by atoms with Gasteiger partial charge in [0.25, 0.3) is 0 Å². The SMILES string of the molecule is CNC1CCN(S(=O)(=O)c2c(Cl)cccc2Cl)CC1.Cl. The molecule has 1 heterocycles. The third-order valence-corrected chi connectivity index (χ3v) is 6.23. The number of nitrogens with zero attached hydrogens (tertiary/aromatic N) is 1. The lowest BCUT2D eigenvalue weighted by Gasteiger charge is -2.31. The van der Waals surface area contributed by atoms with E-state index in [0.29, 0.717) is 19.1 Å². The zero-order chi connectivity index (χ0) is 14.0. The standard InChI is InChI=1S/C12H16Cl2N2O2S.ClH/c1-15-9-5-7-16(8-6-9)19(17,18)12-10(13)3-2-4-11(12)14;/h2-4,9,15H,5-8H2,1H3;1H. The van der Waals surface area contributed by atoms with Gasteiger partial charge in [0.1, 0.15) is 4.90 Å². The van der Waals surface area contributed by atoms with Crippen LogP contribution in [0.2, 0.25) is 10.0 Å². The van der Waals surface area contributed by atoms with E-state index >= 15 is 0 Å². The number of halogens is 3. The van der Waals surface area contributed by atoms with E-state index < -0.39 is 10.0 Å². The van der Waals surface area contributed by atoms with E-state index in [1.165, 1.54) is 4.31 Å². The second kappa shape index (κ2) is 7.29. The number of rotatable bonds is 3. The van der Waals surface area contributed by atoms with Gasteiger partial charge in [-0.1, -0.05) is 29.3 Å². The Morgan fingerprint density at radius 1 is 1.20 bits per heavy atom. The molecule has 0 saturated carbocycles. The van der Waals surface area contributed by atoms with Crippen molar-refractivity contribution in [1.29, 1.82) is 0 Å². The van der Waals surface area contributed by atoms with Crippen LogP contribution in [0, 0.1) is 0 Å². The second-order valence-corrected chi connectivity index (χ2v) is 7.21. The van der Waals surface area contributed by atoms with Gasteiger partial charge in [0.15, 0.2) is 0 Å². The number of hydrogen-bond acceptors (Lipinski definition) is 3. The van der Waals surface area contributed by atoms with Crippen molar-refractivity contribution in [3.8, 4) is 0 Å². The number of hydrogen-bond donors (Lipinski definition) is 1. The lowest BCUT2D eigenvalue weighted by Crippen LogP contribution is -2.44. The number of piperidine rings is 1. The molecule has 1 aromatic carbocycles. The van der Waals surface area contributed by atoms with E-state index in [4.69, 9.17) is 23.2 Å². The quantitative estimate of drug-likeness (QED) is 0.903. The third kappa shape index (κ3) is 3.59. The molecule has 4 nitrogen and oxygen atoms in total. The smallest absolute Gasteiger partial charge is 0.246 e. The first-order chi connectivity index (χ1) is 8.96. The fraction of sp³-hybridized carbons (Fsp3) is 0.500. The van der Waals surface area contributed by atoms with Crippen molar-refractivity contribution in [3.05, 3.63) is 28.2 Å². The Hall–Kier alpha value is -0.0400. The summed E-state index contributed by atoms with van der Waals surface area (Å²) in [7, 11) is -1.72. The molecule has 0 atom stereocenters. The summed E-state index contributed by atoms with van der Waals surface area (Å²) in [4.78, 5) is 0.0150. The van der Waals surface area contributed by atoms with Gasteiger partial charge in [0.2, 0.25) is 10.0 Å². The van der Waals surface area contributed by atoms with Crippen LogP contribution in [0.3, 0.4) is 0 Å². The highest BCUT2D eigenvalue weighted by atomic mass is 35.5. The van der Waals surface area contributed by atoms with Gasteiger partial charge in [-0.05, 0) is 32.0 Å². The van der Waals surface area contributed by atoms with Crippen LogP contribution >= 0.6 is 35.6 Å². The molecule has 114 valence electrons. The molecule has 0 aliphatic carbocycles. The van der Waals surface area contributed by atoms with Gasteiger partial charge >= 0.3 is 0 Å². The highest BCUT2D eigenvalue weighted by molar-refractivity contribution is 7.89.